The number of hydrogen-bond acceptors (Lipinski definition) is 7. The zero-order chi connectivity index (χ0) is 24.6. The Morgan fingerprint density at radius 1 is 1.24 bits per heavy atom. The van der Waals surface area contributed by atoms with Crippen molar-refractivity contribution in [2.24, 2.45) is 0 Å². The molecule has 0 bridgehead atoms. The summed E-state index contributed by atoms with van der Waals surface area (Å²) in [6, 6.07) is 4.48. The van der Waals surface area contributed by atoms with Crippen LogP contribution in [0.25, 0.3) is 0 Å². The second kappa shape index (κ2) is 9.38. The Morgan fingerprint density at radius 2 is 2.00 bits per heavy atom. The Bertz CT molecular complexity index is 1190. The van der Waals surface area contributed by atoms with Crippen LogP contribution in [0.5, 0.6) is 0 Å². The van der Waals surface area contributed by atoms with E-state index in [0.29, 0.717) is 25.1 Å². The van der Waals surface area contributed by atoms with Gasteiger partial charge in [0.15, 0.2) is 0 Å². The third-order valence-corrected chi connectivity index (χ3v) is 8.37. The van der Waals surface area contributed by atoms with E-state index >= 15 is 0 Å². The molecule has 11 heteroatoms. The second-order valence-corrected chi connectivity index (χ2v) is 11.1. The average Bonchev–Trinajstić information content (AvgIpc) is 3.13. The minimum Gasteiger partial charge on any atom is -0.361 e. The fourth-order valence-corrected chi connectivity index (χ4v) is 5.58. The number of benzene rings is 1. The van der Waals surface area contributed by atoms with Crippen LogP contribution in [0.15, 0.2) is 27.6 Å². The highest BCUT2D eigenvalue weighted by atomic mass is 32.2. The third-order valence-electron chi connectivity index (χ3n) is 6.56. The number of anilines is 2. The zero-order valence-corrected chi connectivity index (χ0v) is 20.8. The van der Waals surface area contributed by atoms with Crippen molar-refractivity contribution in [3.8, 4) is 0 Å². The number of nitrogens with zero attached hydrogens (tertiary/aromatic N) is 4. The van der Waals surface area contributed by atoms with E-state index in [-0.39, 0.29) is 29.3 Å². The fourth-order valence-electron chi connectivity index (χ4n) is 4.66. The first-order valence-electron chi connectivity index (χ1n) is 11.4. The summed E-state index contributed by atoms with van der Waals surface area (Å²) in [5, 5.41) is 6.79. The lowest BCUT2D eigenvalue weighted by Crippen LogP contribution is -2.57. The van der Waals surface area contributed by atoms with Crippen LogP contribution in [-0.2, 0) is 26.0 Å². The number of nitrogens with one attached hydrogen (secondary N) is 1. The molecule has 1 atom stereocenters. The van der Waals surface area contributed by atoms with Gasteiger partial charge in [0, 0.05) is 32.7 Å². The minimum absolute atomic E-state index is 0.0864. The van der Waals surface area contributed by atoms with E-state index in [9.17, 15) is 18.0 Å². The predicted molar refractivity (Wildman–Crippen MR) is 127 cm³/mol. The van der Waals surface area contributed by atoms with Crippen LogP contribution in [0.1, 0.15) is 36.3 Å². The number of sulfonamides is 1. The van der Waals surface area contributed by atoms with E-state index in [1.165, 1.54) is 25.1 Å². The van der Waals surface area contributed by atoms with E-state index in [2.05, 4.69) is 10.5 Å². The summed E-state index contributed by atoms with van der Waals surface area (Å²) in [6.07, 6.45) is 3.18. The Kier molecular flexibility index (Phi) is 6.68. The summed E-state index contributed by atoms with van der Waals surface area (Å²) in [6.45, 7) is 4.60. The molecule has 1 N–H and O–H groups in total. The van der Waals surface area contributed by atoms with Gasteiger partial charge in [-0.25, -0.2) is 12.7 Å². The van der Waals surface area contributed by atoms with Crippen LogP contribution in [0.4, 0.5) is 11.4 Å². The molecule has 34 heavy (non-hydrogen) atoms. The molecule has 2 aromatic rings. The molecule has 2 aliphatic heterocycles. The number of carbonyl (C=O) groups is 2. The van der Waals surface area contributed by atoms with Crippen molar-refractivity contribution in [3.05, 3.63) is 35.2 Å². The molecule has 3 heterocycles. The summed E-state index contributed by atoms with van der Waals surface area (Å²) < 4.78 is 31.8. The molecule has 1 unspecified atom stereocenters. The van der Waals surface area contributed by atoms with Gasteiger partial charge in [-0.15, -0.1) is 0 Å². The lowest BCUT2D eigenvalue weighted by Gasteiger charge is -2.45. The van der Waals surface area contributed by atoms with Gasteiger partial charge in [0.25, 0.3) is 0 Å². The molecule has 4 rings (SSSR count). The van der Waals surface area contributed by atoms with Crippen LogP contribution in [0.2, 0.25) is 0 Å². The van der Waals surface area contributed by atoms with Crippen molar-refractivity contribution in [1.82, 2.24) is 14.8 Å². The number of piperidine rings is 1. The number of amides is 2. The molecule has 0 radical (unpaired) electrons. The number of hydrogen-bond donors (Lipinski definition) is 1. The maximum atomic E-state index is 13.4. The smallest absolute Gasteiger partial charge is 0.250 e. The molecule has 1 saturated heterocycles. The van der Waals surface area contributed by atoms with Gasteiger partial charge >= 0.3 is 0 Å². The van der Waals surface area contributed by atoms with Crippen molar-refractivity contribution in [1.29, 1.82) is 0 Å². The molecule has 10 nitrogen and oxygen atoms in total. The molecule has 1 aromatic carbocycles. The van der Waals surface area contributed by atoms with Gasteiger partial charge in [0.05, 0.1) is 22.0 Å². The second-order valence-electron chi connectivity index (χ2n) is 8.97. The van der Waals surface area contributed by atoms with Crippen LogP contribution >= 0.6 is 0 Å². The van der Waals surface area contributed by atoms with Crippen LogP contribution in [0, 0.1) is 13.8 Å². The van der Waals surface area contributed by atoms with E-state index in [1.807, 2.05) is 18.7 Å². The number of aromatic nitrogens is 1. The van der Waals surface area contributed by atoms with Gasteiger partial charge in [-0.1, -0.05) is 5.16 Å². The van der Waals surface area contributed by atoms with E-state index < -0.39 is 10.0 Å². The van der Waals surface area contributed by atoms with Crippen molar-refractivity contribution < 1.29 is 22.5 Å². The van der Waals surface area contributed by atoms with Crippen molar-refractivity contribution in [3.63, 3.8) is 0 Å². The van der Waals surface area contributed by atoms with Gasteiger partial charge in [0.2, 0.25) is 21.8 Å². The van der Waals surface area contributed by atoms with Gasteiger partial charge in [0.1, 0.15) is 18.3 Å². The summed E-state index contributed by atoms with van der Waals surface area (Å²) in [5.41, 5.74) is 2.98. The molecular weight excluding hydrogens is 458 g/mol. The van der Waals surface area contributed by atoms with Gasteiger partial charge in [-0.2, -0.15) is 0 Å². The first kappa shape index (κ1) is 24.2. The Balaban J connectivity index is 1.58. The normalized spacial score (nSPS) is 18.1. The molecular formula is C23H31N5O5S. The lowest BCUT2D eigenvalue weighted by atomic mass is 9.96. The lowest BCUT2D eigenvalue weighted by molar-refractivity contribution is -0.124. The van der Waals surface area contributed by atoms with Gasteiger partial charge in [-0.05, 0) is 57.7 Å². The quantitative estimate of drug-likeness (QED) is 0.628. The predicted octanol–water partition coefficient (Wildman–Crippen LogP) is 1.61. The maximum Gasteiger partial charge on any atom is 0.250 e. The number of rotatable bonds is 7. The van der Waals surface area contributed by atoms with Gasteiger partial charge < -0.3 is 14.7 Å². The Morgan fingerprint density at radius 3 is 2.68 bits per heavy atom. The monoisotopic (exact) mass is 489 g/mol. The van der Waals surface area contributed by atoms with Crippen LogP contribution in [-0.4, -0.2) is 69.5 Å². The molecule has 2 aliphatic rings. The van der Waals surface area contributed by atoms with Crippen LogP contribution < -0.4 is 15.1 Å². The molecule has 1 fully saturated rings. The number of fused-ring (bicyclic) bond motifs is 3. The fraction of sp³-hybridized carbons (Fsp3) is 0.522. The molecule has 0 spiro atoms. The van der Waals surface area contributed by atoms with Crippen molar-refractivity contribution in [2.75, 3.05) is 43.5 Å². The topological polar surface area (TPSA) is 116 Å². The third kappa shape index (κ3) is 4.41. The SMILES string of the molecule is Cc1noc(C)c1CCNC(=O)CN1C(=O)C2CCCCN2c2ccc(S(=O)(=O)N(C)C)cc21. The first-order chi connectivity index (χ1) is 16.1. The number of carbonyl (C=O) groups excluding carboxylic acids is 2. The Hall–Kier alpha value is -2.92. The average molecular weight is 490 g/mol. The first-order valence-corrected chi connectivity index (χ1v) is 12.9. The van der Waals surface area contributed by atoms with Gasteiger partial charge in [-0.3, -0.25) is 14.5 Å². The molecule has 1 aromatic heterocycles. The van der Waals surface area contributed by atoms with Crippen molar-refractivity contribution >= 4 is 33.2 Å². The highest BCUT2D eigenvalue weighted by Crippen LogP contribution is 2.40. The highest BCUT2D eigenvalue weighted by Gasteiger charge is 2.40. The van der Waals surface area contributed by atoms with E-state index in [1.54, 1.807) is 12.1 Å². The molecule has 0 saturated carbocycles. The zero-order valence-electron chi connectivity index (χ0n) is 20.0. The minimum atomic E-state index is -3.70. The summed E-state index contributed by atoms with van der Waals surface area (Å²) in [7, 11) is -0.769. The highest BCUT2D eigenvalue weighted by molar-refractivity contribution is 7.89. The maximum absolute atomic E-state index is 13.4. The van der Waals surface area contributed by atoms with Crippen molar-refractivity contribution in [2.45, 2.75) is 50.5 Å². The van der Waals surface area contributed by atoms with E-state index in [4.69, 9.17) is 4.52 Å². The molecule has 184 valence electrons. The number of aryl methyl sites for hydroxylation is 2. The molecule has 0 aliphatic carbocycles. The summed E-state index contributed by atoms with van der Waals surface area (Å²) in [5.74, 6) is 0.238. The van der Waals surface area contributed by atoms with E-state index in [0.717, 1.165) is 46.4 Å². The standard InChI is InChI=1S/C23H31N5O5S/c1-15-18(16(2)33-25-15)10-11-24-22(29)14-28-21-13-17(34(31,32)26(3)4)8-9-19(21)27-12-6-5-7-20(27)23(28)30/h8-9,13,20H,5-7,10-12,14H2,1-4H3,(H,24,29). The largest absolute Gasteiger partial charge is 0.361 e. The summed E-state index contributed by atoms with van der Waals surface area (Å²) >= 11 is 0. The Labute approximate surface area is 199 Å². The molecule has 2 amide bonds. The van der Waals surface area contributed by atoms with Crippen LogP contribution in [0.3, 0.4) is 0 Å². The summed E-state index contributed by atoms with van der Waals surface area (Å²) in [4.78, 5) is 29.8.